The maximum Gasteiger partial charge on any atom is 0.418 e. The number of rotatable bonds is 7. The van der Waals surface area contributed by atoms with Crippen LogP contribution in [0.4, 0.5) is 23.7 Å². The molecule has 0 unspecified atom stereocenters. The van der Waals surface area contributed by atoms with Gasteiger partial charge in [-0.15, -0.1) is 10.2 Å². The van der Waals surface area contributed by atoms with Crippen molar-refractivity contribution in [2.75, 3.05) is 5.32 Å². The number of para-hydroxylation sites is 1. The number of alkyl halides is 3. The van der Waals surface area contributed by atoms with Crippen molar-refractivity contribution in [1.82, 2.24) is 20.1 Å². The quantitative estimate of drug-likeness (QED) is 0.277. The number of aromatic nitrogens is 3. The summed E-state index contributed by atoms with van der Waals surface area (Å²) in [6.07, 6.45) is -4.58. The molecule has 0 atom stereocenters. The Hall–Kier alpha value is -3.79. The summed E-state index contributed by atoms with van der Waals surface area (Å²) in [6, 6.07) is 20.0. The Labute approximate surface area is 211 Å². The normalized spacial score (nSPS) is 11.4. The number of halogens is 3. The van der Waals surface area contributed by atoms with Gasteiger partial charge in [0.2, 0.25) is 0 Å². The van der Waals surface area contributed by atoms with Gasteiger partial charge in [0.25, 0.3) is 0 Å². The third kappa shape index (κ3) is 6.25. The van der Waals surface area contributed by atoms with Crippen LogP contribution in [0.1, 0.15) is 28.1 Å². The van der Waals surface area contributed by atoms with Crippen LogP contribution in [0, 0.1) is 13.8 Å². The van der Waals surface area contributed by atoms with Crippen molar-refractivity contribution in [2.24, 2.45) is 0 Å². The largest absolute Gasteiger partial charge is 0.418 e. The lowest BCUT2D eigenvalue weighted by atomic mass is 10.1. The fraction of sp³-hybridized carbons (Fsp3) is 0.192. The number of nitrogens with zero attached hydrogens (tertiary/aromatic N) is 3. The Morgan fingerprint density at radius 1 is 0.944 bits per heavy atom. The van der Waals surface area contributed by atoms with Crippen LogP contribution in [0.2, 0.25) is 0 Å². The maximum atomic E-state index is 13.2. The molecule has 2 N–H and O–H groups in total. The first-order valence-electron chi connectivity index (χ1n) is 11.1. The van der Waals surface area contributed by atoms with Gasteiger partial charge in [-0.05, 0) is 43.7 Å². The first-order valence-corrected chi connectivity index (χ1v) is 12.1. The van der Waals surface area contributed by atoms with Crippen LogP contribution in [0.25, 0.3) is 5.69 Å². The zero-order valence-electron chi connectivity index (χ0n) is 19.6. The predicted molar refractivity (Wildman–Crippen MR) is 134 cm³/mol. The first-order chi connectivity index (χ1) is 17.2. The molecule has 36 heavy (non-hydrogen) atoms. The van der Waals surface area contributed by atoms with Crippen LogP contribution in [-0.2, 0) is 18.5 Å². The smallest absolute Gasteiger partial charge is 0.331 e. The molecule has 3 aromatic carbocycles. The summed E-state index contributed by atoms with van der Waals surface area (Å²) in [5.41, 5.74) is 2.96. The standard InChI is InChI=1S/C26H24F3N5OS/c1-17-10-12-20(13-11-17)34-23(32-33-25(34)36-16-19-7-5-6-18(2)14-19)15-30-24(35)31-22-9-4-3-8-21(22)26(27,28)29/h3-14H,15-16H2,1-2H3,(H2,30,31,35). The van der Waals surface area contributed by atoms with E-state index in [9.17, 15) is 18.0 Å². The van der Waals surface area contributed by atoms with Gasteiger partial charge in [-0.25, -0.2) is 4.79 Å². The van der Waals surface area contributed by atoms with Gasteiger partial charge in [0, 0.05) is 11.4 Å². The van der Waals surface area contributed by atoms with Crippen LogP contribution in [0.15, 0.2) is 78.0 Å². The molecule has 4 rings (SSSR count). The summed E-state index contributed by atoms with van der Waals surface area (Å²) in [5, 5.41) is 14.1. The Kier molecular flexibility index (Phi) is 7.64. The monoisotopic (exact) mass is 511 g/mol. The van der Waals surface area contributed by atoms with Crippen molar-refractivity contribution in [1.29, 1.82) is 0 Å². The number of anilines is 1. The highest BCUT2D eigenvalue weighted by molar-refractivity contribution is 7.98. The van der Waals surface area contributed by atoms with Crippen molar-refractivity contribution < 1.29 is 18.0 Å². The van der Waals surface area contributed by atoms with Gasteiger partial charge >= 0.3 is 12.2 Å². The summed E-state index contributed by atoms with van der Waals surface area (Å²) < 4.78 is 41.6. The van der Waals surface area contributed by atoms with E-state index in [0.717, 1.165) is 28.4 Å². The van der Waals surface area contributed by atoms with E-state index < -0.39 is 17.8 Å². The number of carbonyl (C=O) groups is 1. The van der Waals surface area contributed by atoms with Gasteiger partial charge in [0.15, 0.2) is 11.0 Å². The minimum absolute atomic E-state index is 0.0358. The maximum absolute atomic E-state index is 13.2. The van der Waals surface area contributed by atoms with E-state index in [1.165, 1.54) is 30.0 Å². The summed E-state index contributed by atoms with van der Waals surface area (Å²) in [5.74, 6) is 1.12. The summed E-state index contributed by atoms with van der Waals surface area (Å²) in [6.45, 7) is 3.98. The molecule has 0 aliphatic heterocycles. The zero-order chi connectivity index (χ0) is 25.7. The average Bonchev–Trinajstić information content (AvgIpc) is 3.24. The molecule has 1 aromatic heterocycles. The number of hydrogen-bond acceptors (Lipinski definition) is 4. The van der Waals surface area contributed by atoms with Crippen molar-refractivity contribution in [3.63, 3.8) is 0 Å². The van der Waals surface area contributed by atoms with Gasteiger partial charge < -0.3 is 10.6 Å². The third-order valence-corrected chi connectivity index (χ3v) is 6.33. The molecule has 0 aliphatic carbocycles. The number of benzene rings is 3. The van der Waals surface area contributed by atoms with Crippen molar-refractivity contribution in [3.8, 4) is 5.69 Å². The second kappa shape index (κ2) is 10.9. The zero-order valence-corrected chi connectivity index (χ0v) is 20.5. The Balaban J connectivity index is 1.52. The summed E-state index contributed by atoms with van der Waals surface area (Å²) in [7, 11) is 0. The van der Waals surface area contributed by atoms with Gasteiger partial charge in [-0.2, -0.15) is 13.2 Å². The van der Waals surface area contributed by atoms with Crippen LogP contribution in [-0.4, -0.2) is 20.8 Å². The highest BCUT2D eigenvalue weighted by atomic mass is 32.2. The van der Waals surface area contributed by atoms with Gasteiger partial charge in [-0.3, -0.25) is 4.57 Å². The van der Waals surface area contributed by atoms with Crippen LogP contribution in [0.3, 0.4) is 0 Å². The predicted octanol–water partition coefficient (Wildman–Crippen LogP) is 6.52. The summed E-state index contributed by atoms with van der Waals surface area (Å²) >= 11 is 1.51. The van der Waals surface area contributed by atoms with Gasteiger partial charge in [0.05, 0.1) is 17.8 Å². The van der Waals surface area contributed by atoms with Crippen molar-refractivity contribution >= 4 is 23.5 Å². The highest BCUT2D eigenvalue weighted by Gasteiger charge is 2.33. The number of hydrogen-bond donors (Lipinski definition) is 2. The minimum Gasteiger partial charge on any atom is -0.331 e. The molecular formula is C26H24F3N5OS. The van der Waals surface area contributed by atoms with Gasteiger partial charge in [-0.1, -0.05) is 71.4 Å². The molecule has 1 heterocycles. The molecule has 0 saturated heterocycles. The molecule has 0 fully saturated rings. The third-order valence-electron chi connectivity index (χ3n) is 5.33. The SMILES string of the molecule is Cc1ccc(-n2c(CNC(=O)Nc3ccccc3C(F)(F)F)nnc2SCc2cccc(C)c2)cc1. The van der Waals surface area contributed by atoms with Crippen LogP contribution < -0.4 is 10.6 Å². The molecule has 10 heteroatoms. The van der Waals surface area contributed by atoms with E-state index in [-0.39, 0.29) is 12.2 Å². The minimum atomic E-state index is -4.58. The van der Waals surface area contributed by atoms with Crippen molar-refractivity contribution in [2.45, 2.75) is 37.5 Å². The number of aryl methyl sites for hydroxylation is 2. The number of thioether (sulfide) groups is 1. The molecule has 2 amide bonds. The van der Waals surface area contributed by atoms with E-state index in [2.05, 4.69) is 26.9 Å². The fourth-order valence-corrected chi connectivity index (χ4v) is 4.49. The summed E-state index contributed by atoms with van der Waals surface area (Å²) in [4.78, 5) is 12.5. The molecular weight excluding hydrogens is 487 g/mol. The molecule has 6 nitrogen and oxygen atoms in total. The molecule has 4 aromatic rings. The molecule has 0 saturated carbocycles. The van der Waals surface area contributed by atoms with E-state index >= 15 is 0 Å². The Bertz CT molecular complexity index is 1350. The van der Waals surface area contributed by atoms with E-state index in [4.69, 9.17) is 0 Å². The van der Waals surface area contributed by atoms with E-state index in [1.807, 2.05) is 60.9 Å². The van der Waals surface area contributed by atoms with E-state index in [0.29, 0.717) is 16.7 Å². The lowest BCUT2D eigenvalue weighted by Crippen LogP contribution is -2.30. The lowest BCUT2D eigenvalue weighted by molar-refractivity contribution is -0.136. The molecule has 0 bridgehead atoms. The fourth-order valence-electron chi connectivity index (χ4n) is 3.58. The number of amides is 2. The topological polar surface area (TPSA) is 71.8 Å². The molecule has 0 spiro atoms. The molecule has 186 valence electrons. The highest BCUT2D eigenvalue weighted by Crippen LogP contribution is 2.34. The van der Waals surface area contributed by atoms with Crippen LogP contribution >= 0.6 is 11.8 Å². The average molecular weight is 512 g/mol. The number of urea groups is 1. The Morgan fingerprint density at radius 3 is 2.42 bits per heavy atom. The second-order valence-electron chi connectivity index (χ2n) is 8.20. The number of carbonyl (C=O) groups excluding carboxylic acids is 1. The Morgan fingerprint density at radius 2 is 1.69 bits per heavy atom. The van der Waals surface area contributed by atoms with Crippen LogP contribution in [0.5, 0.6) is 0 Å². The molecule has 0 aliphatic rings. The van der Waals surface area contributed by atoms with E-state index in [1.54, 1.807) is 0 Å². The first kappa shape index (κ1) is 25.3. The lowest BCUT2D eigenvalue weighted by Gasteiger charge is -2.14. The number of nitrogens with one attached hydrogen (secondary N) is 2. The molecule has 0 radical (unpaired) electrons. The second-order valence-corrected chi connectivity index (χ2v) is 9.14. The van der Waals surface area contributed by atoms with Crippen molar-refractivity contribution in [3.05, 3.63) is 101 Å². The van der Waals surface area contributed by atoms with Gasteiger partial charge in [0.1, 0.15) is 0 Å².